The molecule has 0 unspecified atom stereocenters. The lowest BCUT2D eigenvalue weighted by molar-refractivity contribution is 0.348. The van der Waals surface area contributed by atoms with Crippen molar-refractivity contribution in [1.29, 1.82) is 0 Å². The molecule has 0 atom stereocenters. The zero-order chi connectivity index (χ0) is 15.2. The average molecular weight is 311 g/mol. The molecule has 1 heterocycles. The maximum Gasteiger partial charge on any atom is 0.226 e. The Labute approximate surface area is 133 Å². The summed E-state index contributed by atoms with van der Waals surface area (Å²) in [5.74, 6) is 1.05. The van der Waals surface area contributed by atoms with E-state index < -0.39 is 0 Å². The third-order valence-corrected chi connectivity index (χ3v) is 4.80. The molecule has 0 aromatic carbocycles. The van der Waals surface area contributed by atoms with Crippen molar-refractivity contribution < 1.29 is 0 Å². The Bertz CT molecular complexity index is 471. The van der Waals surface area contributed by atoms with E-state index in [1.807, 2.05) is 0 Å². The van der Waals surface area contributed by atoms with Crippen LogP contribution < -0.4 is 4.90 Å². The molecule has 1 aliphatic carbocycles. The number of nitrogens with one attached hydrogen (secondary N) is 1. The van der Waals surface area contributed by atoms with Crippen molar-refractivity contribution in [2.45, 2.75) is 84.2 Å². The first-order chi connectivity index (χ1) is 10.1. The van der Waals surface area contributed by atoms with Crippen LogP contribution in [0.25, 0.3) is 0 Å². The lowest BCUT2D eigenvalue weighted by atomic mass is 9.95. The first-order valence-electron chi connectivity index (χ1n) is 8.58. The van der Waals surface area contributed by atoms with E-state index in [0.717, 1.165) is 17.3 Å². The molecule has 21 heavy (non-hydrogen) atoms. The van der Waals surface area contributed by atoms with Crippen LogP contribution in [-0.4, -0.2) is 27.4 Å². The van der Waals surface area contributed by atoms with E-state index in [1.54, 1.807) is 0 Å². The summed E-state index contributed by atoms with van der Waals surface area (Å²) in [7, 11) is 0. The van der Waals surface area contributed by atoms with Crippen LogP contribution in [-0.2, 0) is 0 Å². The van der Waals surface area contributed by atoms with Crippen LogP contribution in [0.15, 0.2) is 0 Å². The number of aromatic nitrogens is 3. The SMILES string of the molecule is CCCCCN(c1n[nH]c(=S)n1C1CCCCC1)C(C)C. The fourth-order valence-electron chi connectivity index (χ4n) is 3.29. The highest BCUT2D eigenvalue weighted by Gasteiger charge is 2.24. The Hall–Kier alpha value is -0.840. The van der Waals surface area contributed by atoms with Gasteiger partial charge in [0, 0.05) is 18.6 Å². The van der Waals surface area contributed by atoms with Crippen molar-refractivity contribution in [2.24, 2.45) is 0 Å². The summed E-state index contributed by atoms with van der Waals surface area (Å²) >= 11 is 5.51. The van der Waals surface area contributed by atoms with Gasteiger partial charge in [0.15, 0.2) is 4.77 Å². The van der Waals surface area contributed by atoms with Gasteiger partial charge in [0.25, 0.3) is 0 Å². The summed E-state index contributed by atoms with van der Waals surface area (Å²) in [4.78, 5) is 2.41. The molecular weight excluding hydrogens is 280 g/mol. The van der Waals surface area contributed by atoms with Crippen LogP contribution in [0.1, 0.15) is 78.2 Å². The number of aromatic amines is 1. The van der Waals surface area contributed by atoms with Gasteiger partial charge in [0.1, 0.15) is 0 Å². The maximum atomic E-state index is 5.51. The quantitative estimate of drug-likeness (QED) is 0.577. The molecule has 1 N–H and O–H groups in total. The molecule has 1 aromatic rings. The van der Waals surface area contributed by atoms with Crippen molar-refractivity contribution in [1.82, 2.24) is 14.8 Å². The molecule has 2 rings (SSSR count). The van der Waals surface area contributed by atoms with E-state index >= 15 is 0 Å². The van der Waals surface area contributed by atoms with Gasteiger partial charge in [0.05, 0.1) is 0 Å². The Morgan fingerprint density at radius 3 is 2.62 bits per heavy atom. The summed E-state index contributed by atoms with van der Waals surface area (Å²) < 4.78 is 3.08. The number of hydrogen-bond donors (Lipinski definition) is 1. The second-order valence-corrected chi connectivity index (χ2v) is 6.87. The van der Waals surface area contributed by atoms with E-state index in [0.29, 0.717) is 12.1 Å². The van der Waals surface area contributed by atoms with Crippen LogP contribution in [0.3, 0.4) is 0 Å². The Morgan fingerprint density at radius 1 is 1.29 bits per heavy atom. The monoisotopic (exact) mass is 310 g/mol. The fourth-order valence-corrected chi connectivity index (χ4v) is 3.56. The number of hydrogen-bond acceptors (Lipinski definition) is 3. The number of anilines is 1. The van der Waals surface area contributed by atoms with Crippen LogP contribution in [0.2, 0.25) is 0 Å². The van der Waals surface area contributed by atoms with Crippen molar-refractivity contribution in [3.8, 4) is 0 Å². The first-order valence-corrected chi connectivity index (χ1v) is 8.99. The topological polar surface area (TPSA) is 36.9 Å². The molecule has 1 aliphatic rings. The fraction of sp³-hybridized carbons (Fsp3) is 0.875. The molecule has 4 nitrogen and oxygen atoms in total. The molecule has 1 aromatic heterocycles. The minimum Gasteiger partial charge on any atom is -0.339 e. The van der Waals surface area contributed by atoms with Crippen molar-refractivity contribution in [3.63, 3.8) is 0 Å². The molecule has 120 valence electrons. The van der Waals surface area contributed by atoms with E-state index in [1.165, 1.54) is 51.4 Å². The Kier molecular flexibility index (Phi) is 6.27. The zero-order valence-corrected chi connectivity index (χ0v) is 14.6. The van der Waals surface area contributed by atoms with E-state index in [9.17, 15) is 0 Å². The Balaban J connectivity index is 2.21. The predicted octanol–water partition coefficient (Wildman–Crippen LogP) is 4.85. The normalized spacial score (nSPS) is 16.6. The summed E-state index contributed by atoms with van der Waals surface area (Å²) in [6.45, 7) is 7.80. The molecule has 0 spiro atoms. The van der Waals surface area contributed by atoms with Gasteiger partial charge in [-0.1, -0.05) is 39.0 Å². The largest absolute Gasteiger partial charge is 0.339 e. The molecule has 5 heteroatoms. The number of unbranched alkanes of at least 4 members (excludes halogenated alkanes) is 2. The van der Waals surface area contributed by atoms with E-state index in [-0.39, 0.29) is 0 Å². The van der Waals surface area contributed by atoms with Gasteiger partial charge in [-0.05, 0) is 45.3 Å². The molecule has 1 fully saturated rings. The van der Waals surface area contributed by atoms with Gasteiger partial charge in [-0.2, -0.15) is 0 Å². The average Bonchev–Trinajstić information content (AvgIpc) is 2.85. The zero-order valence-electron chi connectivity index (χ0n) is 13.8. The van der Waals surface area contributed by atoms with Crippen molar-refractivity contribution in [2.75, 3.05) is 11.4 Å². The highest BCUT2D eigenvalue weighted by Crippen LogP contribution is 2.32. The minimum absolute atomic E-state index is 0.453. The molecule has 0 bridgehead atoms. The van der Waals surface area contributed by atoms with E-state index in [2.05, 4.69) is 40.4 Å². The van der Waals surface area contributed by atoms with Crippen LogP contribution in [0.4, 0.5) is 5.95 Å². The summed E-state index contributed by atoms with van der Waals surface area (Å²) in [5.41, 5.74) is 0. The molecule has 0 amide bonds. The van der Waals surface area contributed by atoms with Gasteiger partial charge in [-0.3, -0.25) is 4.57 Å². The third-order valence-electron chi connectivity index (χ3n) is 4.51. The predicted molar refractivity (Wildman–Crippen MR) is 91.5 cm³/mol. The molecular formula is C16H30N4S. The highest BCUT2D eigenvalue weighted by molar-refractivity contribution is 7.71. The van der Waals surface area contributed by atoms with Crippen molar-refractivity contribution in [3.05, 3.63) is 4.77 Å². The second-order valence-electron chi connectivity index (χ2n) is 6.48. The maximum absolute atomic E-state index is 5.51. The van der Waals surface area contributed by atoms with Gasteiger partial charge >= 0.3 is 0 Å². The smallest absolute Gasteiger partial charge is 0.226 e. The standard InChI is InChI=1S/C16H30N4S/c1-4-5-9-12-19(13(2)3)15-17-18-16(21)20(15)14-10-7-6-8-11-14/h13-14H,4-12H2,1-3H3,(H,18,21). The van der Waals surface area contributed by atoms with Crippen molar-refractivity contribution >= 4 is 18.2 Å². The Morgan fingerprint density at radius 2 is 2.00 bits per heavy atom. The van der Waals surface area contributed by atoms with Gasteiger partial charge in [0.2, 0.25) is 5.95 Å². The molecule has 0 radical (unpaired) electrons. The number of rotatable bonds is 7. The van der Waals surface area contributed by atoms with Crippen LogP contribution >= 0.6 is 12.2 Å². The molecule has 0 saturated heterocycles. The lowest BCUT2D eigenvalue weighted by Crippen LogP contribution is -2.35. The summed E-state index contributed by atoms with van der Waals surface area (Å²) in [6.07, 6.45) is 10.2. The van der Waals surface area contributed by atoms with Crippen LogP contribution in [0, 0.1) is 4.77 Å². The molecule has 1 saturated carbocycles. The van der Waals surface area contributed by atoms with Gasteiger partial charge in [-0.15, -0.1) is 5.10 Å². The van der Waals surface area contributed by atoms with Gasteiger partial charge in [-0.25, -0.2) is 5.10 Å². The number of nitrogens with zero attached hydrogens (tertiary/aromatic N) is 3. The van der Waals surface area contributed by atoms with Gasteiger partial charge < -0.3 is 4.90 Å². The highest BCUT2D eigenvalue weighted by atomic mass is 32.1. The summed E-state index contributed by atoms with van der Waals surface area (Å²) in [6, 6.07) is 0.988. The van der Waals surface area contributed by atoms with E-state index in [4.69, 9.17) is 12.2 Å². The first kappa shape index (κ1) is 16.5. The molecule has 0 aliphatic heterocycles. The lowest BCUT2D eigenvalue weighted by Gasteiger charge is -2.31. The number of H-pyrrole nitrogens is 1. The van der Waals surface area contributed by atoms with Crippen LogP contribution in [0.5, 0.6) is 0 Å². The third kappa shape index (κ3) is 4.09. The second kappa shape index (κ2) is 7.97. The minimum atomic E-state index is 0.453. The summed E-state index contributed by atoms with van der Waals surface area (Å²) in [5, 5.41) is 7.60.